The van der Waals surface area contributed by atoms with Crippen molar-refractivity contribution in [1.29, 1.82) is 0 Å². The highest BCUT2D eigenvalue weighted by atomic mass is 16.6. The Kier molecular flexibility index (Phi) is 9.98. The molecule has 4 heterocycles. The largest absolute Gasteiger partial charge is 0.444 e. The molecule has 2 aliphatic rings. The second-order valence-corrected chi connectivity index (χ2v) is 15.3. The average Bonchev–Trinajstić information content (AvgIpc) is 3.55. The number of imidazole rings is 1. The summed E-state index contributed by atoms with van der Waals surface area (Å²) in [5.74, 6) is 1.03. The maximum atomic E-state index is 12.8. The Morgan fingerprint density at radius 1 is 0.945 bits per heavy atom. The van der Waals surface area contributed by atoms with E-state index < -0.39 is 17.2 Å². The van der Waals surface area contributed by atoms with Gasteiger partial charge in [-0.3, -0.25) is 4.57 Å². The van der Waals surface area contributed by atoms with Gasteiger partial charge in [0.1, 0.15) is 16.9 Å². The first-order valence-electron chi connectivity index (χ1n) is 19.0. The van der Waals surface area contributed by atoms with Crippen LogP contribution in [0.15, 0.2) is 109 Å². The highest BCUT2D eigenvalue weighted by Gasteiger charge is 2.41. The lowest BCUT2D eigenvalue weighted by molar-refractivity contribution is -0.0283. The Balaban J connectivity index is 1.09. The topological polar surface area (TPSA) is 130 Å². The van der Waals surface area contributed by atoms with E-state index >= 15 is 0 Å². The van der Waals surface area contributed by atoms with E-state index in [0.29, 0.717) is 42.7 Å². The van der Waals surface area contributed by atoms with Gasteiger partial charge >= 0.3 is 6.09 Å². The molecular weight excluding hydrogens is 691 g/mol. The molecule has 1 aliphatic carbocycles. The zero-order valence-electron chi connectivity index (χ0n) is 31.6. The monoisotopic (exact) mass is 737 g/mol. The minimum Gasteiger partial charge on any atom is -0.444 e. The van der Waals surface area contributed by atoms with Gasteiger partial charge in [-0.05, 0) is 99.7 Å². The summed E-state index contributed by atoms with van der Waals surface area (Å²) in [5, 5.41) is 3.17. The van der Waals surface area contributed by atoms with Crippen LogP contribution in [0.2, 0.25) is 0 Å². The van der Waals surface area contributed by atoms with E-state index in [9.17, 15) is 4.79 Å². The van der Waals surface area contributed by atoms with E-state index in [1.54, 1.807) is 6.20 Å². The summed E-state index contributed by atoms with van der Waals surface area (Å²) in [7, 11) is 0. The van der Waals surface area contributed by atoms with E-state index in [1.165, 1.54) is 0 Å². The smallest absolute Gasteiger partial charge is 0.408 e. The number of hydrogen-bond acceptors (Lipinski definition) is 9. The third-order valence-corrected chi connectivity index (χ3v) is 10.3. The van der Waals surface area contributed by atoms with Crippen LogP contribution in [0.4, 0.5) is 16.3 Å². The second-order valence-electron chi connectivity index (χ2n) is 15.3. The molecule has 282 valence electrons. The van der Waals surface area contributed by atoms with Crippen LogP contribution in [-0.2, 0) is 26.4 Å². The summed E-state index contributed by atoms with van der Waals surface area (Å²) in [4.78, 5) is 29.8. The Labute approximate surface area is 321 Å². The summed E-state index contributed by atoms with van der Waals surface area (Å²) in [5.41, 5.74) is 13.5. The fraction of sp³-hybridized carbons (Fsp3) is 0.318. The number of aromatic nitrogens is 4. The number of anilines is 2. The normalized spacial score (nSPS) is 16.8. The number of nitrogen functional groups attached to an aromatic ring is 1. The lowest BCUT2D eigenvalue weighted by atomic mass is 9.72. The Morgan fingerprint density at radius 2 is 1.76 bits per heavy atom. The van der Waals surface area contributed by atoms with Crippen molar-refractivity contribution in [2.24, 2.45) is 0 Å². The molecule has 8 rings (SSSR count). The van der Waals surface area contributed by atoms with Crippen LogP contribution in [0, 0.1) is 0 Å². The molecule has 2 fully saturated rings. The van der Waals surface area contributed by atoms with Gasteiger partial charge in [-0.2, -0.15) is 0 Å². The molecule has 3 aromatic heterocycles. The maximum Gasteiger partial charge on any atom is 0.408 e. The Hall–Kier alpha value is -5.78. The molecule has 0 radical (unpaired) electrons. The lowest BCUT2D eigenvalue weighted by Gasteiger charge is -2.43. The molecule has 55 heavy (non-hydrogen) atoms. The lowest BCUT2D eigenvalue weighted by Crippen LogP contribution is -2.52. The maximum absolute atomic E-state index is 12.8. The number of amides is 1. The van der Waals surface area contributed by atoms with Gasteiger partial charge in [0.05, 0.1) is 42.7 Å². The van der Waals surface area contributed by atoms with Crippen LogP contribution >= 0.6 is 0 Å². The second kappa shape index (κ2) is 15.2. The molecule has 0 bridgehead atoms. The van der Waals surface area contributed by atoms with Crippen molar-refractivity contribution in [2.45, 2.75) is 63.9 Å². The molecule has 1 aliphatic heterocycles. The van der Waals surface area contributed by atoms with Gasteiger partial charge < -0.3 is 30.2 Å². The van der Waals surface area contributed by atoms with Gasteiger partial charge in [0.15, 0.2) is 11.5 Å². The third kappa shape index (κ3) is 7.90. The van der Waals surface area contributed by atoms with Gasteiger partial charge in [0.2, 0.25) is 0 Å². The van der Waals surface area contributed by atoms with Gasteiger partial charge in [0, 0.05) is 36.2 Å². The van der Waals surface area contributed by atoms with Crippen molar-refractivity contribution in [1.82, 2.24) is 24.8 Å². The fourth-order valence-corrected chi connectivity index (χ4v) is 7.39. The zero-order chi connectivity index (χ0) is 38.0. The van der Waals surface area contributed by atoms with Crippen LogP contribution in [0.25, 0.3) is 39.5 Å². The third-order valence-electron chi connectivity index (χ3n) is 10.3. The molecule has 6 aromatic rings. The number of benzene rings is 3. The summed E-state index contributed by atoms with van der Waals surface area (Å²) in [6, 6.07) is 34.7. The summed E-state index contributed by atoms with van der Waals surface area (Å²) >= 11 is 0. The first-order valence-corrected chi connectivity index (χ1v) is 19.0. The summed E-state index contributed by atoms with van der Waals surface area (Å²) < 4.78 is 19.8. The van der Waals surface area contributed by atoms with Crippen LogP contribution < -0.4 is 16.0 Å². The van der Waals surface area contributed by atoms with Crippen molar-refractivity contribution < 1.29 is 19.0 Å². The molecule has 1 saturated heterocycles. The molecule has 11 nitrogen and oxygen atoms in total. The predicted octanol–water partition coefficient (Wildman–Crippen LogP) is 8.06. The Morgan fingerprint density at radius 3 is 2.51 bits per heavy atom. The van der Waals surface area contributed by atoms with E-state index in [4.69, 9.17) is 29.9 Å². The highest BCUT2D eigenvalue weighted by Crippen LogP contribution is 2.42. The number of alkyl carbamates (subject to hydrolysis) is 1. The number of nitrogens with zero attached hydrogens (tertiary/aromatic N) is 5. The van der Waals surface area contributed by atoms with Crippen LogP contribution in [0.3, 0.4) is 0 Å². The number of fused-ring (bicyclic) bond motifs is 1. The zero-order valence-corrected chi connectivity index (χ0v) is 31.6. The number of carbonyl (C=O) groups is 1. The van der Waals surface area contributed by atoms with Gasteiger partial charge in [-0.1, -0.05) is 54.6 Å². The van der Waals surface area contributed by atoms with Crippen LogP contribution in [0.5, 0.6) is 0 Å². The van der Waals surface area contributed by atoms with Crippen LogP contribution in [0.1, 0.15) is 51.2 Å². The highest BCUT2D eigenvalue weighted by molar-refractivity contribution is 5.85. The van der Waals surface area contributed by atoms with E-state index in [-0.39, 0.29) is 6.10 Å². The first-order chi connectivity index (χ1) is 26.6. The standard InChI is InChI=1S/C44H47N7O4/c1-43(2,3)55-42(52)49-44(21-9-22-44)32-15-17-33(18-16-32)51-40(36-14-8-23-46-39(36)45)48-38-20-19-37(47-41(38)51)31-12-7-13-34(26-31)50-24-25-54-35(27-50)29-53-28-30-10-5-4-6-11-30/h4-8,10-20,23,26,35H,9,21-22,24-25,27-29H2,1-3H3,(H2,45,46)(H,49,52)/t35-/m0/s1. The van der Waals surface area contributed by atoms with Crippen molar-refractivity contribution in [3.05, 3.63) is 120 Å². The molecule has 1 atom stereocenters. The minimum atomic E-state index is -0.581. The number of pyridine rings is 2. The van der Waals surface area contributed by atoms with Crippen molar-refractivity contribution in [3.8, 4) is 28.3 Å². The van der Waals surface area contributed by atoms with Crippen molar-refractivity contribution in [2.75, 3.05) is 36.9 Å². The van der Waals surface area contributed by atoms with Gasteiger partial charge in [-0.15, -0.1) is 0 Å². The molecule has 3 aromatic carbocycles. The minimum absolute atomic E-state index is 0.0260. The molecule has 0 spiro atoms. The number of nitrogens with one attached hydrogen (secondary N) is 1. The number of nitrogens with two attached hydrogens (primary N) is 1. The molecule has 11 heteroatoms. The van der Waals surface area contributed by atoms with E-state index in [2.05, 4.69) is 75.9 Å². The molecule has 3 N–H and O–H groups in total. The van der Waals surface area contributed by atoms with Crippen molar-refractivity contribution >= 4 is 28.8 Å². The van der Waals surface area contributed by atoms with Gasteiger partial charge in [0.25, 0.3) is 0 Å². The quantitative estimate of drug-likeness (QED) is 0.143. The van der Waals surface area contributed by atoms with Gasteiger partial charge in [-0.25, -0.2) is 19.7 Å². The van der Waals surface area contributed by atoms with Crippen LogP contribution in [-0.4, -0.2) is 63.6 Å². The fourth-order valence-electron chi connectivity index (χ4n) is 7.39. The number of ether oxygens (including phenoxy) is 3. The molecular formula is C44H47N7O4. The predicted molar refractivity (Wildman–Crippen MR) is 215 cm³/mol. The number of hydrogen-bond donors (Lipinski definition) is 2. The summed E-state index contributed by atoms with van der Waals surface area (Å²) in [6.45, 7) is 8.86. The molecule has 1 amide bonds. The Bertz CT molecular complexity index is 2280. The summed E-state index contributed by atoms with van der Waals surface area (Å²) in [6.07, 6.45) is 3.95. The number of rotatable bonds is 10. The molecule has 0 unspecified atom stereocenters. The van der Waals surface area contributed by atoms with E-state index in [1.807, 2.05) is 67.8 Å². The molecule has 1 saturated carbocycles. The average molecular weight is 738 g/mol. The first kappa shape index (κ1) is 36.2. The van der Waals surface area contributed by atoms with Crippen molar-refractivity contribution in [3.63, 3.8) is 0 Å². The number of morpholine rings is 1. The van der Waals surface area contributed by atoms with E-state index in [0.717, 1.165) is 71.6 Å². The number of carbonyl (C=O) groups excluding carboxylic acids is 1. The SMILES string of the molecule is CC(C)(C)OC(=O)NC1(c2ccc(-n3c(-c4cccnc4N)nc4ccc(-c5cccc(N6CCO[C@H](COCc7ccccc7)C6)c5)nc43)cc2)CCC1.